The van der Waals surface area contributed by atoms with Gasteiger partial charge >= 0.3 is 0 Å². The molecule has 0 aromatic carbocycles. The molecule has 0 aromatic rings. The van der Waals surface area contributed by atoms with Crippen LogP contribution in [0.25, 0.3) is 0 Å². The van der Waals surface area contributed by atoms with Crippen molar-refractivity contribution in [3.63, 3.8) is 0 Å². The Morgan fingerprint density at radius 3 is 2.48 bits per heavy atom. The number of carbonyl (C=O) groups is 1. The first-order valence-corrected chi connectivity index (χ1v) is 11.3. The van der Waals surface area contributed by atoms with Gasteiger partial charge in [-0.25, -0.2) is 0 Å². The fraction of sp³-hybridized carbons (Fsp3) is 0.905. The molecular formula is C21H36IN5O2. The van der Waals surface area contributed by atoms with Crippen molar-refractivity contribution in [1.82, 2.24) is 20.4 Å². The average molecular weight is 517 g/mol. The molecule has 8 heteroatoms. The van der Waals surface area contributed by atoms with Crippen molar-refractivity contribution in [3.05, 3.63) is 0 Å². The molecule has 0 aromatic heterocycles. The lowest BCUT2D eigenvalue weighted by Crippen LogP contribution is -2.70. The summed E-state index contributed by atoms with van der Waals surface area (Å²) in [5, 5.41) is 6.96. The van der Waals surface area contributed by atoms with E-state index in [0.717, 1.165) is 51.6 Å². The van der Waals surface area contributed by atoms with Crippen LogP contribution in [-0.2, 0) is 9.53 Å². The molecule has 29 heavy (non-hydrogen) atoms. The standard InChI is InChI=1S/C21H35N5O2.HI/c1-22-20(24-18-16-6-13-28-19(16)21(18)7-2-3-8-21)26-11-9-25(10-12-26)14-17(27)23-15-4-5-15;/h15-16,18-19H,2-14H2,1H3,(H,22,24)(H,23,27);1H. The summed E-state index contributed by atoms with van der Waals surface area (Å²) in [6.45, 7) is 5.16. The van der Waals surface area contributed by atoms with E-state index in [9.17, 15) is 4.79 Å². The Kier molecular flexibility index (Phi) is 6.61. The highest BCUT2D eigenvalue weighted by Crippen LogP contribution is 2.60. The lowest BCUT2D eigenvalue weighted by atomic mass is 9.54. The Morgan fingerprint density at radius 1 is 1.10 bits per heavy atom. The summed E-state index contributed by atoms with van der Waals surface area (Å²) in [7, 11) is 1.90. The Bertz CT molecular complexity index is 627. The Hall–Kier alpha value is -0.610. The molecular weight excluding hydrogens is 481 g/mol. The van der Waals surface area contributed by atoms with Crippen LogP contribution in [0.3, 0.4) is 0 Å². The summed E-state index contributed by atoms with van der Waals surface area (Å²) in [5.41, 5.74) is 0.347. The zero-order valence-corrected chi connectivity index (χ0v) is 19.9. The molecule has 2 heterocycles. The van der Waals surface area contributed by atoms with Crippen molar-refractivity contribution in [2.45, 2.75) is 63.1 Å². The first-order chi connectivity index (χ1) is 13.7. The molecule has 3 atom stereocenters. The number of aliphatic imine (C=N–C) groups is 1. The third kappa shape index (κ3) is 4.13. The number of carbonyl (C=O) groups excluding carboxylic acids is 1. The van der Waals surface area contributed by atoms with E-state index in [1.54, 1.807) is 0 Å². The molecule has 164 valence electrons. The van der Waals surface area contributed by atoms with Crippen LogP contribution in [0.1, 0.15) is 44.9 Å². The van der Waals surface area contributed by atoms with Gasteiger partial charge in [0.1, 0.15) is 0 Å². The normalized spacial score (nSPS) is 33.8. The Balaban J connectivity index is 0.00000205. The number of hydrogen-bond donors (Lipinski definition) is 2. The van der Waals surface area contributed by atoms with Crippen molar-refractivity contribution < 1.29 is 9.53 Å². The fourth-order valence-corrected chi connectivity index (χ4v) is 6.16. The second-order valence-electron chi connectivity index (χ2n) is 9.46. The third-order valence-corrected chi connectivity index (χ3v) is 7.76. The number of fused-ring (bicyclic) bond motifs is 2. The van der Waals surface area contributed by atoms with Gasteiger partial charge < -0.3 is 20.3 Å². The Labute approximate surface area is 191 Å². The monoisotopic (exact) mass is 517 g/mol. The van der Waals surface area contributed by atoms with E-state index < -0.39 is 0 Å². The molecule has 7 nitrogen and oxygen atoms in total. The van der Waals surface area contributed by atoms with E-state index in [2.05, 4.69) is 25.4 Å². The van der Waals surface area contributed by atoms with Crippen molar-refractivity contribution in [2.24, 2.45) is 16.3 Å². The molecule has 5 fully saturated rings. The molecule has 5 rings (SSSR count). The minimum absolute atomic E-state index is 0. The molecule has 0 bridgehead atoms. The van der Waals surface area contributed by atoms with Gasteiger partial charge in [-0.2, -0.15) is 0 Å². The number of ether oxygens (including phenoxy) is 1. The van der Waals surface area contributed by atoms with E-state index in [-0.39, 0.29) is 29.9 Å². The van der Waals surface area contributed by atoms with Crippen molar-refractivity contribution >= 4 is 35.8 Å². The van der Waals surface area contributed by atoms with Crippen molar-refractivity contribution in [2.75, 3.05) is 46.4 Å². The number of rotatable bonds is 4. The van der Waals surface area contributed by atoms with E-state index in [1.165, 1.54) is 32.1 Å². The van der Waals surface area contributed by atoms with Crippen LogP contribution >= 0.6 is 24.0 Å². The lowest BCUT2D eigenvalue weighted by molar-refractivity contribution is -0.125. The van der Waals surface area contributed by atoms with Crippen LogP contribution in [0.5, 0.6) is 0 Å². The predicted octanol–water partition coefficient (Wildman–Crippen LogP) is 1.42. The smallest absolute Gasteiger partial charge is 0.234 e. The van der Waals surface area contributed by atoms with Gasteiger partial charge in [-0.1, -0.05) is 12.8 Å². The summed E-state index contributed by atoms with van der Waals surface area (Å²) in [4.78, 5) is 21.3. The molecule has 1 spiro atoms. The van der Waals surface area contributed by atoms with Gasteiger partial charge in [-0.05, 0) is 32.1 Å². The first-order valence-electron chi connectivity index (χ1n) is 11.3. The summed E-state index contributed by atoms with van der Waals surface area (Å²) >= 11 is 0. The van der Waals surface area contributed by atoms with Gasteiger partial charge in [0.05, 0.1) is 12.6 Å². The van der Waals surface area contributed by atoms with Gasteiger partial charge in [0.15, 0.2) is 5.96 Å². The lowest BCUT2D eigenvalue weighted by Gasteiger charge is -2.57. The van der Waals surface area contributed by atoms with E-state index in [1.807, 2.05) is 7.05 Å². The molecule has 3 saturated carbocycles. The molecule has 2 aliphatic heterocycles. The van der Waals surface area contributed by atoms with Crippen LogP contribution in [-0.4, -0.2) is 86.2 Å². The summed E-state index contributed by atoms with van der Waals surface area (Å²) in [6.07, 6.45) is 9.24. The van der Waals surface area contributed by atoms with E-state index >= 15 is 0 Å². The maximum atomic E-state index is 12.1. The van der Waals surface area contributed by atoms with E-state index in [0.29, 0.717) is 36.1 Å². The molecule has 2 N–H and O–H groups in total. The van der Waals surface area contributed by atoms with Crippen LogP contribution < -0.4 is 10.6 Å². The number of halogens is 1. The minimum Gasteiger partial charge on any atom is -0.377 e. The maximum Gasteiger partial charge on any atom is 0.234 e. The number of nitrogens with zero attached hydrogens (tertiary/aromatic N) is 3. The summed E-state index contributed by atoms with van der Waals surface area (Å²) < 4.78 is 6.13. The van der Waals surface area contributed by atoms with Crippen LogP contribution in [0, 0.1) is 11.3 Å². The molecule has 5 aliphatic rings. The highest BCUT2D eigenvalue weighted by molar-refractivity contribution is 14.0. The third-order valence-electron chi connectivity index (χ3n) is 7.76. The van der Waals surface area contributed by atoms with E-state index in [4.69, 9.17) is 4.74 Å². The number of nitrogens with one attached hydrogen (secondary N) is 2. The average Bonchev–Trinajstić information content (AvgIpc) is 3.19. The van der Waals surface area contributed by atoms with Crippen LogP contribution in [0.2, 0.25) is 0 Å². The largest absolute Gasteiger partial charge is 0.377 e. The molecule has 3 aliphatic carbocycles. The number of amides is 1. The number of hydrogen-bond acceptors (Lipinski definition) is 4. The van der Waals surface area contributed by atoms with Crippen molar-refractivity contribution in [1.29, 1.82) is 0 Å². The van der Waals surface area contributed by atoms with Gasteiger partial charge in [0.25, 0.3) is 0 Å². The Morgan fingerprint density at radius 2 is 1.83 bits per heavy atom. The van der Waals surface area contributed by atoms with Crippen LogP contribution in [0.15, 0.2) is 4.99 Å². The summed E-state index contributed by atoms with van der Waals surface area (Å²) in [6, 6.07) is 0.967. The predicted molar refractivity (Wildman–Crippen MR) is 124 cm³/mol. The highest BCUT2D eigenvalue weighted by Gasteiger charge is 2.65. The zero-order chi connectivity index (χ0) is 19.1. The van der Waals surface area contributed by atoms with Gasteiger partial charge in [0.2, 0.25) is 5.91 Å². The second-order valence-corrected chi connectivity index (χ2v) is 9.46. The quantitative estimate of drug-likeness (QED) is 0.336. The van der Waals surface area contributed by atoms with Gasteiger partial charge in [0, 0.05) is 63.3 Å². The molecule has 2 saturated heterocycles. The summed E-state index contributed by atoms with van der Waals surface area (Å²) in [5.74, 6) is 1.88. The van der Waals surface area contributed by atoms with Crippen molar-refractivity contribution in [3.8, 4) is 0 Å². The number of piperazine rings is 1. The highest BCUT2D eigenvalue weighted by atomic mass is 127. The topological polar surface area (TPSA) is 69.2 Å². The second kappa shape index (κ2) is 8.86. The number of guanidine groups is 1. The van der Waals surface area contributed by atoms with Gasteiger partial charge in [-0.15, -0.1) is 24.0 Å². The maximum absolute atomic E-state index is 12.1. The molecule has 3 unspecified atom stereocenters. The first kappa shape index (κ1) is 21.6. The minimum atomic E-state index is 0. The zero-order valence-electron chi connectivity index (χ0n) is 17.6. The fourth-order valence-electron chi connectivity index (χ4n) is 6.16. The SMILES string of the molecule is CN=C(NC1C2CCOC2C12CCCC2)N1CCN(CC(=O)NC2CC2)CC1.I. The van der Waals surface area contributed by atoms with Crippen LogP contribution in [0.4, 0.5) is 0 Å². The molecule has 1 amide bonds. The van der Waals surface area contributed by atoms with Gasteiger partial charge in [-0.3, -0.25) is 14.7 Å². The molecule has 0 radical (unpaired) electrons.